The van der Waals surface area contributed by atoms with Crippen LogP contribution in [0.25, 0.3) is 0 Å². The van der Waals surface area contributed by atoms with Crippen molar-refractivity contribution in [2.75, 3.05) is 19.8 Å². The molecule has 0 spiro atoms. The first-order valence-corrected chi connectivity index (χ1v) is 7.84. The first-order valence-electron chi connectivity index (χ1n) is 7.84. The summed E-state index contributed by atoms with van der Waals surface area (Å²) in [4.78, 5) is 0. The van der Waals surface area contributed by atoms with E-state index in [1.54, 1.807) is 0 Å². The molecule has 0 N–H and O–H groups in total. The average molecular weight is 256 g/mol. The molecule has 3 atom stereocenters. The van der Waals surface area contributed by atoms with E-state index in [-0.39, 0.29) is 0 Å². The van der Waals surface area contributed by atoms with Crippen molar-refractivity contribution >= 4 is 0 Å². The Balaban J connectivity index is 2.20. The minimum atomic E-state index is 0.462. The molecule has 0 saturated heterocycles. The molecule has 2 nitrogen and oxygen atoms in total. The summed E-state index contributed by atoms with van der Waals surface area (Å²) in [6.07, 6.45) is 6.77. The van der Waals surface area contributed by atoms with E-state index in [0.717, 1.165) is 44.0 Å². The quantitative estimate of drug-likeness (QED) is 0.603. The van der Waals surface area contributed by atoms with Gasteiger partial charge in [-0.15, -0.1) is 0 Å². The average Bonchev–Trinajstić information content (AvgIpc) is 2.33. The molecule has 0 aromatic carbocycles. The van der Waals surface area contributed by atoms with Crippen LogP contribution in [0.3, 0.4) is 0 Å². The van der Waals surface area contributed by atoms with E-state index in [1.807, 2.05) is 0 Å². The third kappa shape index (κ3) is 5.71. The van der Waals surface area contributed by atoms with Crippen LogP contribution in [0.15, 0.2) is 0 Å². The number of hydrogen-bond donors (Lipinski definition) is 0. The predicted octanol–water partition coefficient (Wildman–Crippen LogP) is 4.28. The Morgan fingerprint density at radius 1 is 1.11 bits per heavy atom. The van der Waals surface area contributed by atoms with E-state index in [9.17, 15) is 0 Å². The maximum Gasteiger partial charge on any atom is 0.0704 e. The van der Waals surface area contributed by atoms with Gasteiger partial charge in [-0.2, -0.15) is 0 Å². The van der Waals surface area contributed by atoms with Gasteiger partial charge in [0.15, 0.2) is 0 Å². The van der Waals surface area contributed by atoms with Gasteiger partial charge in [0.25, 0.3) is 0 Å². The largest absolute Gasteiger partial charge is 0.379 e. The molecule has 0 aromatic heterocycles. The topological polar surface area (TPSA) is 18.5 Å². The van der Waals surface area contributed by atoms with Crippen molar-refractivity contribution in [3.63, 3.8) is 0 Å². The monoisotopic (exact) mass is 256 g/mol. The summed E-state index contributed by atoms with van der Waals surface area (Å²) in [5, 5.41) is 0. The van der Waals surface area contributed by atoms with Crippen LogP contribution in [0.4, 0.5) is 0 Å². The molecule has 0 heterocycles. The molecule has 18 heavy (non-hydrogen) atoms. The number of rotatable bonds is 8. The molecule has 0 aromatic rings. The highest BCUT2D eigenvalue weighted by Crippen LogP contribution is 2.35. The molecule has 1 fully saturated rings. The molecule has 3 unspecified atom stereocenters. The molecule has 2 heteroatoms. The highest BCUT2D eigenvalue weighted by atomic mass is 16.5. The second-order valence-electron chi connectivity index (χ2n) is 6.20. The normalized spacial score (nSPS) is 28.8. The van der Waals surface area contributed by atoms with E-state index < -0.39 is 0 Å². The van der Waals surface area contributed by atoms with Gasteiger partial charge in [0.05, 0.1) is 19.3 Å². The fourth-order valence-corrected chi connectivity index (χ4v) is 2.91. The summed E-state index contributed by atoms with van der Waals surface area (Å²) >= 11 is 0. The lowest BCUT2D eigenvalue weighted by atomic mass is 9.75. The fourth-order valence-electron chi connectivity index (χ4n) is 2.91. The maximum atomic E-state index is 6.08. The molecule has 1 aliphatic rings. The molecule has 1 rings (SSSR count). The summed E-state index contributed by atoms with van der Waals surface area (Å²) in [5.74, 6) is 2.31. The van der Waals surface area contributed by atoms with Crippen LogP contribution in [0.5, 0.6) is 0 Å². The number of ether oxygens (including phenoxy) is 2. The smallest absolute Gasteiger partial charge is 0.0704 e. The second kappa shape index (κ2) is 8.92. The molecule has 0 bridgehead atoms. The molecule has 108 valence electrons. The summed E-state index contributed by atoms with van der Waals surface area (Å²) in [5.41, 5.74) is 0. The minimum absolute atomic E-state index is 0.462. The van der Waals surface area contributed by atoms with Crippen LogP contribution in [-0.4, -0.2) is 25.9 Å². The standard InChI is InChI=1S/C16H32O2/c1-5-6-9-17-10-11-18-16-12-14(4)7-8-15(16)13(2)3/h13-16H,5-12H2,1-4H3. The van der Waals surface area contributed by atoms with E-state index in [1.165, 1.54) is 25.7 Å². The van der Waals surface area contributed by atoms with Gasteiger partial charge in [0.1, 0.15) is 0 Å². The van der Waals surface area contributed by atoms with Gasteiger partial charge >= 0.3 is 0 Å². The summed E-state index contributed by atoms with van der Waals surface area (Å²) in [7, 11) is 0. The van der Waals surface area contributed by atoms with Crippen molar-refractivity contribution in [2.45, 2.75) is 65.9 Å². The van der Waals surface area contributed by atoms with Crippen molar-refractivity contribution in [2.24, 2.45) is 17.8 Å². The van der Waals surface area contributed by atoms with Crippen LogP contribution in [0.1, 0.15) is 59.8 Å². The lowest BCUT2D eigenvalue weighted by molar-refractivity contribution is -0.0582. The third-order valence-electron chi connectivity index (χ3n) is 4.16. The van der Waals surface area contributed by atoms with E-state index in [0.29, 0.717) is 6.10 Å². The Labute approximate surface area is 113 Å². The molecule has 1 aliphatic carbocycles. The summed E-state index contributed by atoms with van der Waals surface area (Å²) in [6, 6.07) is 0. The summed E-state index contributed by atoms with van der Waals surface area (Å²) < 4.78 is 11.6. The van der Waals surface area contributed by atoms with E-state index in [2.05, 4.69) is 27.7 Å². The van der Waals surface area contributed by atoms with E-state index >= 15 is 0 Å². The van der Waals surface area contributed by atoms with Gasteiger partial charge in [0.2, 0.25) is 0 Å². The van der Waals surface area contributed by atoms with Crippen LogP contribution < -0.4 is 0 Å². The molecule has 1 saturated carbocycles. The van der Waals surface area contributed by atoms with Crippen LogP contribution in [0.2, 0.25) is 0 Å². The van der Waals surface area contributed by atoms with Crippen molar-refractivity contribution in [3.05, 3.63) is 0 Å². The molecule has 0 radical (unpaired) electrons. The van der Waals surface area contributed by atoms with Gasteiger partial charge in [-0.1, -0.05) is 40.5 Å². The first-order chi connectivity index (χ1) is 8.65. The Kier molecular flexibility index (Phi) is 7.92. The van der Waals surface area contributed by atoms with Crippen molar-refractivity contribution < 1.29 is 9.47 Å². The minimum Gasteiger partial charge on any atom is -0.379 e. The van der Waals surface area contributed by atoms with Crippen molar-refractivity contribution in [3.8, 4) is 0 Å². The third-order valence-corrected chi connectivity index (χ3v) is 4.16. The van der Waals surface area contributed by atoms with Gasteiger partial charge in [0, 0.05) is 6.61 Å². The van der Waals surface area contributed by atoms with Crippen LogP contribution >= 0.6 is 0 Å². The van der Waals surface area contributed by atoms with Gasteiger partial charge in [-0.3, -0.25) is 0 Å². The van der Waals surface area contributed by atoms with Crippen LogP contribution in [0, 0.1) is 17.8 Å². The van der Waals surface area contributed by atoms with Gasteiger partial charge < -0.3 is 9.47 Å². The SMILES string of the molecule is CCCCOCCOC1CC(C)CCC1C(C)C. The maximum absolute atomic E-state index is 6.08. The zero-order valence-corrected chi connectivity index (χ0v) is 12.8. The van der Waals surface area contributed by atoms with Crippen molar-refractivity contribution in [1.29, 1.82) is 0 Å². The Morgan fingerprint density at radius 3 is 2.56 bits per heavy atom. The van der Waals surface area contributed by atoms with Crippen LogP contribution in [-0.2, 0) is 9.47 Å². The lowest BCUT2D eigenvalue weighted by Gasteiger charge is -2.37. The number of unbranched alkanes of at least 4 members (excludes halogenated alkanes) is 1. The molecular weight excluding hydrogens is 224 g/mol. The lowest BCUT2D eigenvalue weighted by Crippen LogP contribution is -2.35. The zero-order chi connectivity index (χ0) is 13.4. The second-order valence-corrected chi connectivity index (χ2v) is 6.20. The predicted molar refractivity (Wildman–Crippen MR) is 76.8 cm³/mol. The first kappa shape index (κ1) is 16.0. The Bertz CT molecular complexity index is 203. The zero-order valence-electron chi connectivity index (χ0n) is 12.8. The van der Waals surface area contributed by atoms with E-state index in [4.69, 9.17) is 9.47 Å². The summed E-state index contributed by atoms with van der Waals surface area (Å²) in [6.45, 7) is 11.6. The van der Waals surface area contributed by atoms with Gasteiger partial charge in [-0.05, 0) is 37.0 Å². The Morgan fingerprint density at radius 2 is 1.89 bits per heavy atom. The fraction of sp³-hybridized carbons (Fsp3) is 1.00. The highest BCUT2D eigenvalue weighted by Gasteiger charge is 2.31. The number of hydrogen-bond acceptors (Lipinski definition) is 2. The molecular formula is C16H32O2. The molecule has 0 aliphatic heterocycles. The molecule has 0 amide bonds. The Hall–Kier alpha value is -0.0800. The highest BCUT2D eigenvalue weighted by molar-refractivity contribution is 4.81. The van der Waals surface area contributed by atoms with Gasteiger partial charge in [-0.25, -0.2) is 0 Å². The van der Waals surface area contributed by atoms with Crippen molar-refractivity contribution in [1.82, 2.24) is 0 Å².